The highest BCUT2D eigenvalue weighted by Crippen LogP contribution is 2.21. The van der Waals surface area contributed by atoms with Crippen molar-refractivity contribution in [1.82, 2.24) is 10.3 Å². The molecule has 31 heavy (non-hydrogen) atoms. The number of aromatic nitrogens is 1. The lowest BCUT2D eigenvalue weighted by Crippen LogP contribution is -2.23. The summed E-state index contributed by atoms with van der Waals surface area (Å²) in [7, 11) is 0. The molecule has 2 amide bonds. The molecular weight excluding hydrogens is 474 g/mol. The average Bonchev–Trinajstić information content (AvgIpc) is 3.40. The molecule has 3 heterocycles. The van der Waals surface area contributed by atoms with E-state index in [1.54, 1.807) is 23.1 Å². The Morgan fingerprint density at radius 3 is 2.06 bits per heavy atom. The Hall–Kier alpha value is -3.41. The molecule has 0 bridgehead atoms. The molecule has 0 aliphatic carbocycles. The monoisotopic (exact) mass is 493 g/mol. The summed E-state index contributed by atoms with van der Waals surface area (Å²) in [4.78, 5) is 46.2. The Kier molecular flexibility index (Phi) is 9.00. The van der Waals surface area contributed by atoms with Gasteiger partial charge in [0.15, 0.2) is 6.20 Å². The number of pyridine rings is 1. The van der Waals surface area contributed by atoms with Crippen LogP contribution in [0.1, 0.15) is 25.7 Å². The van der Waals surface area contributed by atoms with Crippen LogP contribution < -0.4 is 10.2 Å². The summed E-state index contributed by atoms with van der Waals surface area (Å²) in [5, 5.41) is 23.1. The minimum Gasteiger partial charge on any atom is -0.358 e. The fourth-order valence-corrected chi connectivity index (χ4v) is 2.96. The maximum absolute atomic E-state index is 11.4. The molecule has 1 N–H and O–H groups in total. The molecule has 11 nitrogen and oxygen atoms in total. The largest absolute Gasteiger partial charge is 0.363 e. The van der Waals surface area contributed by atoms with Crippen molar-refractivity contribution >= 4 is 44.9 Å². The summed E-state index contributed by atoms with van der Waals surface area (Å²) >= 11 is 3.17. The van der Waals surface area contributed by atoms with E-state index in [0.717, 1.165) is 30.3 Å². The number of rotatable bonds is 3. The third kappa shape index (κ3) is 7.74. The highest BCUT2D eigenvalue weighted by Gasteiger charge is 2.23. The minimum atomic E-state index is -0.560. The molecule has 12 heteroatoms. The van der Waals surface area contributed by atoms with Gasteiger partial charge >= 0.3 is 5.82 Å². The van der Waals surface area contributed by atoms with Gasteiger partial charge in [-0.25, -0.2) is 0 Å². The van der Waals surface area contributed by atoms with Crippen LogP contribution in [0.4, 0.5) is 17.2 Å². The van der Waals surface area contributed by atoms with Crippen LogP contribution in [0.15, 0.2) is 47.1 Å². The predicted octanol–water partition coefficient (Wildman–Crippen LogP) is 3.37. The first-order chi connectivity index (χ1) is 14.8. The molecular formula is C19H20BrN5O6. The van der Waals surface area contributed by atoms with Crippen LogP contribution in [-0.2, 0) is 9.59 Å². The highest BCUT2D eigenvalue weighted by molar-refractivity contribution is 9.10. The number of nitro groups is 2. The molecule has 2 saturated heterocycles. The maximum atomic E-state index is 11.4. The number of hydrogen-bond acceptors (Lipinski definition) is 7. The molecule has 4 rings (SSSR count). The van der Waals surface area contributed by atoms with Gasteiger partial charge in [-0.05, 0) is 40.9 Å². The number of carbonyl (C=O) groups is 2. The van der Waals surface area contributed by atoms with Crippen LogP contribution in [-0.4, -0.2) is 39.7 Å². The Bertz CT molecular complexity index is 928. The highest BCUT2D eigenvalue weighted by atomic mass is 79.9. The van der Waals surface area contributed by atoms with Gasteiger partial charge in [-0.2, -0.15) is 0 Å². The van der Waals surface area contributed by atoms with Gasteiger partial charge in [-0.1, -0.05) is 15.9 Å². The fraction of sp³-hybridized carbons (Fsp3) is 0.316. The molecule has 1 aromatic carbocycles. The zero-order chi connectivity index (χ0) is 22.8. The van der Waals surface area contributed by atoms with Crippen LogP contribution in [0.2, 0.25) is 0 Å². The van der Waals surface area contributed by atoms with Crippen molar-refractivity contribution in [3.8, 4) is 0 Å². The average molecular weight is 494 g/mol. The Labute approximate surface area is 185 Å². The van der Waals surface area contributed by atoms with Gasteiger partial charge in [-0.3, -0.25) is 19.7 Å². The fourth-order valence-electron chi connectivity index (χ4n) is 2.70. The van der Waals surface area contributed by atoms with Crippen molar-refractivity contribution in [2.24, 2.45) is 0 Å². The number of hydrogen-bond donors (Lipinski definition) is 1. The normalized spacial score (nSPS) is 14.7. The van der Waals surface area contributed by atoms with Crippen molar-refractivity contribution < 1.29 is 19.4 Å². The number of amides is 2. The van der Waals surface area contributed by atoms with Crippen LogP contribution >= 0.6 is 15.9 Å². The lowest BCUT2D eigenvalue weighted by molar-refractivity contribution is -0.389. The number of benzene rings is 1. The minimum absolute atomic E-state index is 0.0469. The van der Waals surface area contributed by atoms with Crippen molar-refractivity contribution in [3.63, 3.8) is 0 Å². The second kappa shape index (κ2) is 11.7. The molecule has 1 aromatic heterocycles. The summed E-state index contributed by atoms with van der Waals surface area (Å²) in [6.07, 6.45) is 4.49. The smallest absolute Gasteiger partial charge is 0.358 e. The number of nitrogens with zero attached hydrogens (tertiary/aromatic N) is 4. The number of halogens is 1. The lowest BCUT2D eigenvalue weighted by Gasteiger charge is -2.12. The van der Waals surface area contributed by atoms with Gasteiger partial charge in [-0.15, -0.1) is 0 Å². The number of carbonyl (C=O) groups excluding carboxylic acids is 2. The maximum Gasteiger partial charge on any atom is 0.363 e. The summed E-state index contributed by atoms with van der Waals surface area (Å²) in [5.41, 5.74) is 0.742. The topological polar surface area (TPSA) is 149 Å². The molecule has 0 atom stereocenters. The van der Waals surface area contributed by atoms with E-state index in [-0.39, 0.29) is 23.3 Å². The summed E-state index contributed by atoms with van der Waals surface area (Å²) in [6, 6.07) is 9.03. The summed E-state index contributed by atoms with van der Waals surface area (Å²) < 4.78 is 0.845. The van der Waals surface area contributed by atoms with E-state index in [1.165, 1.54) is 24.4 Å². The van der Waals surface area contributed by atoms with Gasteiger partial charge in [0.2, 0.25) is 11.8 Å². The zero-order valence-corrected chi connectivity index (χ0v) is 18.0. The number of anilines is 1. The van der Waals surface area contributed by atoms with Gasteiger partial charge in [0, 0.05) is 48.6 Å². The first-order valence-electron chi connectivity index (χ1n) is 9.35. The molecule has 2 aliphatic rings. The SMILES string of the molecule is O=C1CCCN1.O=C1CCCN1c1ccc([N+](=O)[O-])nc1.O=[N+]([O-])c1ccc(Br)cc1. The predicted molar refractivity (Wildman–Crippen MR) is 116 cm³/mol. The second-order valence-corrected chi connectivity index (χ2v) is 7.38. The van der Waals surface area contributed by atoms with Crippen LogP contribution in [0.3, 0.4) is 0 Å². The van der Waals surface area contributed by atoms with E-state index in [0.29, 0.717) is 18.7 Å². The first kappa shape index (κ1) is 23.9. The Balaban J connectivity index is 0.000000183. The number of non-ortho nitro benzene ring substituents is 1. The standard InChI is InChI=1S/C9H9N3O3.C6H4BrNO2.C4H7NO/c13-9-2-1-5-11(9)7-3-4-8(10-6-7)12(14)15;7-5-1-3-6(4-2-5)8(9)10;6-4-2-1-3-5-4/h3-4,6H,1-2,5H2;1-4H;1-3H2,(H,5,6). The van der Waals surface area contributed by atoms with E-state index in [2.05, 4.69) is 26.2 Å². The van der Waals surface area contributed by atoms with E-state index in [4.69, 9.17) is 0 Å². The molecule has 2 aromatic rings. The van der Waals surface area contributed by atoms with E-state index in [1.807, 2.05) is 0 Å². The van der Waals surface area contributed by atoms with Crippen molar-refractivity contribution in [1.29, 1.82) is 0 Å². The van der Waals surface area contributed by atoms with Crippen molar-refractivity contribution in [2.75, 3.05) is 18.0 Å². The van der Waals surface area contributed by atoms with Gasteiger partial charge in [0.1, 0.15) is 0 Å². The third-order valence-corrected chi connectivity index (χ3v) is 4.77. The van der Waals surface area contributed by atoms with Crippen molar-refractivity contribution in [3.05, 3.63) is 67.3 Å². The van der Waals surface area contributed by atoms with E-state index < -0.39 is 9.85 Å². The number of nitro benzene ring substituents is 1. The molecule has 0 radical (unpaired) electrons. The molecule has 2 aliphatic heterocycles. The second-order valence-electron chi connectivity index (χ2n) is 6.47. The van der Waals surface area contributed by atoms with Crippen LogP contribution in [0.5, 0.6) is 0 Å². The van der Waals surface area contributed by atoms with Crippen LogP contribution in [0, 0.1) is 20.2 Å². The molecule has 2 fully saturated rings. The summed E-state index contributed by atoms with van der Waals surface area (Å²) in [5.74, 6) is 0.0473. The molecule has 0 unspecified atom stereocenters. The van der Waals surface area contributed by atoms with E-state index >= 15 is 0 Å². The zero-order valence-electron chi connectivity index (χ0n) is 16.4. The third-order valence-electron chi connectivity index (χ3n) is 4.24. The molecule has 164 valence electrons. The van der Waals surface area contributed by atoms with Gasteiger partial charge in [0.25, 0.3) is 5.69 Å². The van der Waals surface area contributed by atoms with Crippen molar-refractivity contribution in [2.45, 2.75) is 25.7 Å². The molecule has 0 spiro atoms. The molecule has 0 saturated carbocycles. The van der Waals surface area contributed by atoms with Gasteiger partial charge in [0.05, 0.1) is 10.6 Å². The summed E-state index contributed by atoms with van der Waals surface area (Å²) in [6.45, 7) is 1.55. The van der Waals surface area contributed by atoms with Gasteiger partial charge < -0.3 is 20.3 Å². The Morgan fingerprint density at radius 1 is 0.968 bits per heavy atom. The first-order valence-corrected chi connectivity index (χ1v) is 10.1. The lowest BCUT2D eigenvalue weighted by atomic mass is 10.3. The van der Waals surface area contributed by atoms with E-state index in [9.17, 15) is 29.8 Å². The number of nitrogens with one attached hydrogen (secondary N) is 1. The Morgan fingerprint density at radius 2 is 1.68 bits per heavy atom. The van der Waals surface area contributed by atoms with Crippen LogP contribution in [0.25, 0.3) is 0 Å². The quantitative estimate of drug-likeness (QED) is 0.508.